The molecule has 3 rings (SSSR count). The lowest BCUT2D eigenvalue weighted by Gasteiger charge is -2.21. The lowest BCUT2D eigenvalue weighted by atomic mass is 10.2. The van der Waals surface area contributed by atoms with Crippen molar-refractivity contribution in [2.45, 2.75) is 6.42 Å². The van der Waals surface area contributed by atoms with Gasteiger partial charge in [-0.25, -0.2) is 4.98 Å². The smallest absolute Gasteiger partial charge is 0.272 e. The average Bonchev–Trinajstić information content (AvgIpc) is 2.79. The highest BCUT2D eigenvalue weighted by atomic mass is 16.2. The molecular weight excluding hydrogens is 292 g/mol. The predicted molar refractivity (Wildman–Crippen MR) is 87.9 cm³/mol. The van der Waals surface area contributed by atoms with Gasteiger partial charge in [0.2, 0.25) is 5.91 Å². The summed E-state index contributed by atoms with van der Waals surface area (Å²) in [5.41, 5.74) is 6.53. The second-order valence-corrected chi connectivity index (χ2v) is 5.78. The van der Waals surface area contributed by atoms with Crippen molar-refractivity contribution in [2.75, 3.05) is 32.7 Å². The average molecular weight is 312 g/mol. The molecule has 1 aromatic heterocycles. The lowest BCUT2D eigenvalue weighted by Crippen LogP contribution is -2.38. The van der Waals surface area contributed by atoms with Gasteiger partial charge in [-0.15, -0.1) is 0 Å². The third-order valence-corrected chi connectivity index (χ3v) is 4.07. The summed E-state index contributed by atoms with van der Waals surface area (Å²) in [4.78, 5) is 32.0. The van der Waals surface area contributed by atoms with E-state index in [1.165, 1.54) is 0 Å². The van der Waals surface area contributed by atoms with Crippen LogP contribution >= 0.6 is 0 Å². The van der Waals surface area contributed by atoms with Crippen molar-refractivity contribution in [1.82, 2.24) is 14.8 Å². The maximum Gasteiger partial charge on any atom is 0.272 e. The Labute approximate surface area is 134 Å². The first-order valence-corrected chi connectivity index (χ1v) is 7.79. The number of hydrogen-bond donors (Lipinski definition) is 1. The molecule has 1 saturated heterocycles. The van der Waals surface area contributed by atoms with Crippen LogP contribution in [0, 0.1) is 0 Å². The summed E-state index contributed by atoms with van der Waals surface area (Å²) in [7, 11) is 0. The predicted octanol–water partition coefficient (Wildman–Crippen LogP) is 0.868. The van der Waals surface area contributed by atoms with Gasteiger partial charge in [0.25, 0.3) is 5.91 Å². The number of carbonyl (C=O) groups is 2. The Kier molecular flexibility index (Phi) is 4.52. The van der Waals surface area contributed by atoms with E-state index in [2.05, 4.69) is 4.98 Å². The van der Waals surface area contributed by atoms with E-state index in [1.807, 2.05) is 35.2 Å². The zero-order valence-corrected chi connectivity index (χ0v) is 12.9. The van der Waals surface area contributed by atoms with Crippen LogP contribution in [0.25, 0.3) is 10.9 Å². The Bertz CT molecular complexity index is 731. The third-order valence-electron chi connectivity index (χ3n) is 4.07. The number of benzene rings is 1. The van der Waals surface area contributed by atoms with Gasteiger partial charge in [0, 0.05) is 31.6 Å². The number of fused-ring (bicyclic) bond motifs is 1. The number of hydrogen-bond acceptors (Lipinski definition) is 4. The van der Waals surface area contributed by atoms with Crippen molar-refractivity contribution >= 4 is 22.7 Å². The van der Waals surface area contributed by atoms with E-state index >= 15 is 0 Å². The third kappa shape index (κ3) is 3.65. The minimum atomic E-state index is -0.332. The first-order chi connectivity index (χ1) is 11.1. The Morgan fingerprint density at radius 1 is 1.04 bits per heavy atom. The van der Waals surface area contributed by atoms with Gasteiger partial charge in [-0.1, -0.05) is 24.3 Å². The van der Waals surface area contributed by atoms with Gasteiger partial charge in [0.1, 0.15) is 5.69 Å². The molecule has 0 saturated carbocycles. The molecule has 6 heteroatoms. The Morgan fingerprint density at radius 3 is 2.70 bits per heavy atom. The van der Waals surface area contributed by atoms with Crippen molar-refractivity contribution in [3.63, 3.8) is 0 Å². The largest absolute Gasteiger partial charge is 0.369 e. The number of pyridine rings is 1. The summed E-state index contributed by atoms with van der Waals surface area (Å²) < 4.78 is 0. The van der Waals surface area contributed by atoms with Crippen LogP contribution in [0.2, 0.25) is 0 Å². The van der Waals surface area contributed by atoms with Crippen molar-refractivity contribution in [3.8, 4) is 0 Å². The highest BCUT2D eigenvalue weighted by molar-refractivity contribution is 5.94. The maximum atomic E-state index is 12.7. The number of nitrogens with zero attached hydrogens (tertiary/aromatic N) is 3. The first kappa shape index (κ1) is 15.4. The van der Waals surface area contributed by atoms with Gasteiger partial charge in [0.15, 0.2) is 0 Å². The molecule has 1 aliphatic rings. The van der Waals surface area contributed by atoms with E-state index in [9.17, 15) is 9.59 Å². The van der Waals surface area contributed by atoms with Gasteiger partial charge in [-0.2, -0.15) is 0 Å². The SMILES string of the molecule is NC(=O)CN1CCCN(C(=O)c2ccc3ccccc3n2)CC1. The number of carbonyl (C=O) groups excluding carboxylic acids is 2. The van der Waals surface area contributed by atoms with Crippen molar-refractivity contribution in [1.29, 1.82) is 0 Å². The molecule has 1 aromatic carbocycles. The number of amides is 2. The molecule has 0 radical (unpaired) electrons. The molecular formula is C17H20N4O2. The van der Waals surface area contributed by atoms with Crippen LogP contribution in [-0.2, 0) is 4.79 Å². The minimum absolute atomic E-state index is 0.0586. The van der Waals surface area contributed by atoms with Crippen LogP contribution in [0.4, 0.5) is 0 Å². The van der Waals surface area contributed by atoms with E-state index in [1.54, 1.807) is 11.0 Å². The monoisotopic (exact) mass is 312 g/mol. The van der Waals surface area contributed by atoms with Crippen LogP contribution < -0.4 is 5.73 Å². The zero-order valence-electron chi connectivity index (χ0n) is 12.9. The second kappa shape index (κ2) is 6.75. The molecule has 2 heterocycles. The molecule has 0 unspecified atom stereocenters. The Morgan fingerprint density at radius 2 is 1.87 bits per heavy atom. The second-order valence-electron chi connectivity index (χ2n) is 5.78. The van der Waals surface area contributed by atoms with Crippen LogP contribution in [0.5, 0.6) is 0 Å². The summed E-state index contributed by atoms with van der Waals surface area (Å²) in [6.45, 7) is 2.93. The molecule has 1 fully saturated rings. The molecule has 2 amide bonds. The van der Waals surface area contributed by atoms with Gasteiger partial charge in [-0.3, -0.25) is 14.5 Å². The van der Waals surface area contributed by atoms with Gasteiger partial charge >= 0.3 is 0 Å². The molecule has 1 aliphatic heterocycles. The molecule has 0 bridgehead atoms. The van der Waals surface area contributed by atoms with Crippen molar-refractivity contribution in [3.05, 3.63) is 42.1 Å². The Hall–Kier alpha value is -2.47. The van der Waals surface area contributed by atoms with E-state index in [0.717, 1.165) is 23.9 Å². The summed E-state index contributed by atoms with van der Waals surface area (Å²) in [6, 6.07) is 11.4. The standard InChI is InChI=1S/C17H20N4O2/c18-16(22)12-20-8-3-9-21(11-10-20)17(23)15-7-6-13-4-1-2-5-14(13)19-15/h1-2,4-7H,3,8-12H2,(H2,18,22). The molecule has 6 nitrogen and oxygen atoms in total. The molecule has 2 N–H and O–H groups in total. The number of para-hydroxylation sites is 1. The number of rotatable bonds is 3. The summed E-state index contributed by atoms with van der Waals surface area (Å²) in [5, 5.41) is 1.02. The molecule has 120 valence electrons. The minimum Gasteiger partial charge on any atom is -0.369 e. The van der Waals surface area contributed by atoms with Crippen LogP contribution in [0.15, 0.2) is 36.4 Å². The van der Waals surface area contributed by atoms with Crippen molar-refractivity contribution < 1.29 is 9.59 Å². The van der Waals surface area contributed by atoms with E-state index in [4.69, 9.17) is 5.73 Å². The zero-order chi connectivity index (χ0) is 16.2. The molecule has 0 aliphatic carbocycles. The van der Waals surface area contributed by atoms with Gasteiger partial charge < -0.3 is 10.6 Å². The van der Waals surface area contributed by atoms with E-state index in [0.29, 0.717) is 25.3 Å². The fourth-order valence-electron chi connectivity index (χ4n) is 2.90. The highest BCUT2D eigenvalue weighted by Crippen LogP contribution is 2.14. The molecule has 23 heavy (non-hydrogen) atoms. The van der Waals surface area contributed by atoms with Crippen LogP contribution in [-0.4, -0.2) is 59.3 Å². The van der Waals surface area contributed by atoms with Gasteiger partial charge in [0.05, 0.1) is 12.1 Å². The first-order valence-electron chi connectivity index (χ1n) is 7.79. The van der Waals surface area contributed by atoms with Crippen molar-refractivity contribution in [2.24, 2.45) is 5.73 Å². The normalized spacial score (nSPS) is 16.3. The Balaban J connectivity index is 1.72. The molecule has 0 spiro atoms. The van der Waals surface area contributed by atoms with E-state index < -0.39 is 0 Å². The topological polar surface area (TPSA) is 79.5 Å². The number of primary amides is 1. The van der Waals surface area contributed by atoms with Crippen LogP contribution in [0.1, 0.15) is 16.9 Å². The quantitative estimate of drug-likeness (QED) is 0.912. The molecule has 2 aromatic rings. The van der Waals surface area contributed by atoms with Gasteiger partial charge in [-0.05, 0) is 18.6 Å². The fraction of sp³-hybridized carbons (Fsp3) is 0.353. The maximum absolute atomic E-state index is 12.7. The molecule has 0 atom stereocenters. The summed E-state index contributed by atoms with van der Waals surface area (Å²) in [6.07, 6.45) is 0.826. The van der Waals surface area contributed by atoms with E-state index in [-0.39, 0.29) is 18.4 Å². The highest BCUT2D eigenvalue weighted by Gasteiger charge is 2.21. The summed E-state index contributed by atoms with van der Waals surface area (Å²) >= 11 is 0. The number of aromatic nitrogens is 1. The fourth-order valence-corrected chi connectivity index (χ4v) is 2.90. The van der Waals surface area contributed by atoms with Crippen LogP contribution in [0.3, 0.4) is 0 Å². The lowest BCUT2D eigenvalue weighted by molar-refractivity contribution is -0.119. The number of nitrogens with two attached hydrogens (primary N) is 1. The summed E-state index contributed by atoms with van der Waals surface area (Å²) in [5.74, 6) is -0.391.